The maximum absolute atomic E-state index is 10.4. The lowest BCUT2D eigenvalue weighted by Gasteiger charge is -1.97. The highest BCUT2D eigenvalue weighted by Gasteiger charge is 2.10. The Morgan fingerprint density at radius 1 is 1.42 bits per heavy atom. The molecule has 0 amide bonds. The molecule has 0 unspecified atom stereocenters. The first kappa shape index (κ1) is 8.19. The van der Waals surface area contributed by atoms with Crippen molar-refractivity contribution in [3.05, 3.63) is 28.7 Å². The van der Waals surface area contributed by atoms with Gasteiger partial charge in [0.25, 0.3) is 0 Å². The number of aromatic carboxylic acids is 1. The minimum absolute atomic E-state index is 0.186. The summed E-state index contributed by atoms with van der Waals surface area (Å²) >= 11 is 0. The molecule has 0 aromatic heterocycles. The summed E-state index contributed by atoms with van der Waals surface area (Å²) in [5.41, 5.74) is -0.495. The molecular weight excluding hydrogens is 162 g/mol. The molecule has 5 heteroatoms. The predicted molar refractivity (Wildman–Crippen MR) is 40.5 cm³/mol. The Morgan fingerprint density at radius 3 is 2.58 bits per heavy atom. The summed E-state index contributed by atoms with van der Waals surface area (Å²) in [6, 6.07) is 3.29. The summed E-state index contributed by atoms with van der Waals surface area (Å²) in [6.07, 6.45) is 0. The SMILES string of the molecule is O=Nc1cc(O)ccc1C(=O)O. The van der Waals surface area contributed by atoms with Crippen LogP contribution in [-0.2, 0) is 0 Å². The minimum Gasteiger partial charge on any atom is -0.508 e. The molecule has 0 atom stereocenters. The standard InChI is InChI=1S/C7H5NO4/c9-4-1-2-5(7(10)11)6(3-4)8-12/h1-3,9H,(H,10,11). The molecule has 1 rings (SSSR count). The van der Waals surface area contributed by atoms with Gasteiger partial charge in [-0.2, -0.15) is 0 Å². The van der Waals surface area contributed by atoms with Gasteiger partial charge in [0.1, 0.15) is 11.4 Å². The van der Waals surface area contributed by atoms with Gasteiger partial charge in [0.15, 0.2) is 0 Å². The van der Waals surface area contributed by atoms with Gasteiger partial charge in [-0.3, -0.25) is 0 Å². The van der Waals surface area contributed by atoms with Crippen LogP contribution >= 0.6 is 0 Å². The summed E-state index contributed by atoms with van der Waals surface area (Å²) < 4.78 is 0. The number of benzene rings is 1. The number of nitrogens with zero attached hydrogens (tertiary/aromatic N) is 1. The molecule has 2 N–H and O–H groups in total. The van der Waals surface area contributed by atoms with Gasteiger partial charge < -0.3 is 10.2 Å². The van der Waals surface area contributed by atoms with Crippen LogP contribution in [0.2, 0.25) is 0 Å². The van der Waals surface area contributed by atoms with Crippen molar-refractivity contribution in [2.75, 3.05) is 0 Å². The average molecular weight is 167 g/mol. The van der Waals surface area contributed by atoms with Crippen molar-refractivity contribution >= 4 is 11.7 Å². The van der Waals surface area contributed by atoms with Gasteiger partial charge in [-0.1, -0.05) is 0 Å². The Morgan fingerprint density at radius 2 is 2.08 bits per heavy atom. The first-order valence-corrected chi connectivity index (χ1v) is 3.05. The molecular formula is C7H5NO4. The highest BCUT2D eigenvalue weighted by atomic mass is 16.4. The molecule has 0 radical (unpaired) electrons. The zero-order chi connectivity index (χ0) is 9.14. The minimum atomic E-state index is -1.25. The van der Waals surface area contributed by atoms with E-state index in [2.05, 4.69) is 5.18 Å². The van der Waals surface area contributed by atoms with Crippen molar-refractivity contribution in [3.8, 4) is 5.75 Å². The van der Waals surface area contributed by atoms with Crippen LogP contribution in [0.15, 0.2) is 23.4 Å². The fraction of sp³-hybridized carbons (Fsp3) is 0. The molecule has 0 saturated carbocycles. The molecule has 1 aromatic carbocycles. The van der Waals surface area contributed by atoms with E-state index in [1.807, 2.05) is 0 Å². The second kappa shape index (κ2) is 3.00. The predicted octanol–water partition coefficient (Wildman–Crippen LogP) is 1.49. The van der Waals surface area contributed by atoms with Crippen molar-refractivity contribution in [2.45, 2.75) is 0 Å². The average Bonchev–Trinajstić information content (AvgIpc) is 2.03. The monoisotopic (exact) mass is 167 g/mol. The van der Waals surface area contributed by atoms with E-state index >= 15 is 0 Å². The van der Waals surface area contributed by atoms with E-state index in [9.17, 15) is 9.70 Å². The second-order valence-corrected chi connectivity index (χ2v) is 2.10. The number of hydrogen-bond acceptors (Lipinski definition) is 4. The quantitative estimate of drug-likeness (QED) is 0.653. The third-order valence-electron chi connectivity index (χ3n) is 1.31. The third-order valence-corrected chi connectivity index (χ3v) is 1.31. The number of rotatable bonds is 2. The van der Waals surface area contributed by atoms with E-state index in [4.69, 9.17) is 10.2 Å². The number of aromatic hydroxyl groups is 1. The van der Waals surface area contributed by atoms with Crippen LogP contribution in [-0.4, -0.2) is 16.2 Å². The summed E-state index contributed by atoms with van der Waals surface area (Å²) in [5, 5.41) is 19.8. The number of phenolic OH excluding ortho intramolecular Hbond substituents is 1. The van der Waals surface area contributed by atoms with Crippen LogP contribution in [0.1, 0.15) is 10.4 Å². The normalized spacial score (nSPS) is 9.33. The first-order valence-electron chi connectivity index (χ1n) is 3.05. The summed E-state index contributed by atoms with van der Waals surface area (Å²) in [6.45, 7) is 0. The van der Waals surface area contributed by atoms with Crippen LogP contribution in [0.3, 0.4) is 0 Å². The van der Waals surface area contributed by atoms with Gasteiger partial charge in [0, 0.05) is 6.07 Å². The van der Waals surface area contributed by atoms with Crippen molar-refractivity contribution in [1.29, 1.82) is 0 Å². The molecule has 12 heavy (non-hydrogen) atoms. The number of phenols is 1. The van der Waals surface area contributed by atoms with Crippen molar-refractivity contribution in [3.63, 3.8) is 0 Å². The number of nitroso groups, excluding NO2 is 1. The third kappa shape index (κ3) is 1.39. The van der Waals surface area contributed by atoms with Crippen molar-refractivity contribution < 1.29 is 15.0 Å². The van der Waals surface area contributed by atoms with Crippen molar-refractivity contribution in [2.24, 2.45) is 5.18 Å². The van der Waals surface area contributed by atoms with E-state index in [-0.39, 0.29) is 17.0 Å². The van der Waals surface area contributed by atoms with E-state index in [1.54, 1.807) is 0 Å². The second-order valence-electron chi connectivity index (χ2n) is 2.10. The van der Waals surface area contributed by atoms with E-state index in [0.29, 0.717) is 0 Å². The first-order chi connectivity index (χ1) is 5.65. The fourth-order valence-corrected chi connectivity index (χ4v) is 0.776. The molecule has 1 aromatic rings. The molecule has 0 aliphatic rings. The van der Waals surface area contributed by atoms with E-state index in [1.165, 1.54) is 6.07 Å². The molecule has 62 valence electrons. The summed E-state index contributed by atoms with van der Waals surface area (Å²) in [7, 11) is 0. The Labute approximate surface area is 67.2 Å². The van der Waals surface area contributed by atoms with Gasteiger partial charge in [0.05, 0.1) is 5.56 Å². The van der Waals surface area contributed by atoms with Gasteiger partial charge in [0.2, 0.25) is 0 Å². The topological polar surface area (TPSA) is 87.0 Å². The highest BCUT2D eigenvalue weighted by Crippen LogP contribution is 2.23. The summed E-state index contributed by atoms with van der Waals surface area (Å²) in [5.74, 6) is -1.43. The van der Waals surface area contributed by atoms with Crippen LogP contribution < -0.4 is 0 Å². The Bertz CT molecular complexity index is 334. The van der Waals surface area contributed by atoms with Crippen LogP contribution in [0.25, 0.3) is 0 Å². The number of hydrogen-bond donors (Lipinski definition) is 2. The molecule has 0 spiro atoms. The lowest BCUT2D eigenvalue weighted by Crippen LogP contribution is -1.95. The Balaban J connectivity index is 3.29. The van der Waals surface area contributed by atoms with E-state index in [0.717, 1.165) is 12.1 Å². The number of carbonyl (C=O) groups is 1. The number of carboxylic acids is 1. The summed E-state index contributed by atoms with van der Waals surface area (Å²) in [4.78, 5) is 20.5. The Kier molecular flexibility index (Phi) is 2.05. The van der Waals surface area contributed by atoms with E-state index < -0.39 is 5.97 Å². The Hall–Kier alpha value is -1.91. The van der Waals surface area contributed by atoms with Crippen LogP contribution in [0.4, 0.5) is 5.69 Å². The lowest BCUT2D eigenvalue weighted by molar-refractivity contribution is 0.0698. The van der Waals surface area contributed by atoms with Crippen molar-refractivity contribution in [1.82, 2.24) is 0 Å². The zero-order valence-corrected chi connectivity index (χ0v) is 5.89. The highest BCUT2D eigenvalue weighted by molar-refractivity contribution is 5.93. The molecule has 0 aliphatic heterocycles. The zero-order valence-electron chi connectivity index (χ0n) is 5.89. The molecule has 0 bridgehead atoms. The molecule has 0 aliphatic carbocycles. The smallest absolute Gasteiger partial charge is 0.338 e. The largest absolute Gasteiger partial charge is 0.508 e. The molecule has 0 fully saturated rings. The van der Waals surface area contributed by atoms with Gasteiger partial charge in [-0.05, 0) is 17.3 Å². The van der Waals surface area contributed by atoms with Gasteiger partial charge in [-0.15, -0.1) is 4.91 Å². The maximum Gasteiger partial charge on any atom is 0.338 e. The molecule has 0 heterocycles. The van der Waals surface area contributed by atoms with Gasteiger partial charge in [-0.25, -0.2) is 4.79 Å². The lowest BCUT2D eigenvalue weighted by atomic mass is 10.2. The fourth-order valence-electron chi connectivity index (χ4n) is 0.776. The molecule has 0 saturated heterocycles. The molecule has 5 nitrogen and oxygen atoms in total. The van der Waals surface area contributed by atoms with Gasteiger partial charge >= 0.3 is 5.97 Å². The van der Waals surface area contributed by atoms with Crippen LogP contribution in [0.5, 0.6) is 5.75 Å². The number of carboxylic acid groups (broad SMARTS) is 1. The maximum atomic E-state index is 10.4. The van der Waals surface area contributed by atoms with Crippen LogP contribution in [0, 0.1) is 4.91 Å².